The first-order valence-electron chi connectivity index (χ1n) is 8.44. The average molecular weight is 290 g/mol. The molecule has 1 aromatic rings. The van der Waals surface area contributed by atoms with Gasteiger partial charge in [-0.15, -0.1) is 0 Å². The van der Waals surface area contributed by atoms with Crippen molar-refractivity contribution in [3.05, 3.63) is 29.8 Å². The maximum Gasteiger partial charge on any atom is 0.119 e. The monoisotopic (exact) mass is 290 g/mol. The van der Waals surface area contributed by atoms with Gasteiger partial charge in [-0.05, 0) is 63.5 Å². The summed E-state index contributed by atoms with van der Waals surface area (Å²) in [5.41, 5.74) is 1.37. The number of hydrogen-bond acceptors (Lipinski definition) is 3. The van der Waals surface area contributed by atoms with Crippen LogP contribution in [-0.2, 0) is 6.54 Å². The number of hydrogen-bond donors (Lipinski definition) is 1. The molecular weight excluding hydrogens is 260 g/mol. The molecule has 1 unspecified atom stereocenters. The molecule has 2 rings (SSSR count). The van der Waals surface area contributed by atoms with Crippen molar-refractivity contribution in [2.24, 2.45) is 0 Å². The van der Waals surface area contributed by atoms with Gasteiger partial charge < -0.3 is 10.1 Å². The van der Waals surface area contributed by atoms with Crippen molar-refractivity contribution in [2.45, 2.75) is 51.6 Å². The van der Waals surface area contributed by atoms with Crippen LogP contribution in [0.25, 0.3) is 0 Å². The summed E-state index contributed by atoms with van der Waals surface area (Å²) in [5.74, 6) is 1.01. The summed E-state index contributed by atoms with van der Waals surface area (Å²) in [5, 5.41) is 3.29. The number of likely N-dealkylation sites (tertiary alicyclic amines) is 1. The summed E-state index contributed by atoms with van der Waals surface area (Å²) < 4.78 is 5.75. The minimum absolute atomic E-state index is 0.728. The van der Waals surface area contributed by atoms with Gasteiger partial charge in [0.2, 0.25) is 0 Å². The second-order valence-electron chi connectivity index (χ2n) is 6.01. The van der Waals surface area contributed by atoms with Crippen molar-refractivity contribution >= 4 is 0 Å². The second kappa shape index (κ2) is 9.06. The van der Waals surface area contributed by atoms with Gasteiger partial charge in [0.1, 0.15) is 5.75 Å². The average Bonchev–Trinajstić information content (AvgIpc) is 2.52. The molecule has 1 N–H and O–H groups in total. The molecule has 1 atom stereocenters. The molecule has 3 nitrogen and oxygen atoms in total. The van der Waals surface area contributed by atoms with Gasteiger partial charge in [0, 0.05) is 12.6 Å². The first kappa shape index (κ1) is 16.3. The van der Waals surface area contributed by atoms with Crippen LogP contribution in [0.2, 0.25) is 0 Å². The molecule has 0 radical (unpaired) electrons. The van der Waals surface area contributed by atoms with Crippen molar-refractivity contribution in [1.29, 1.82) is 0 Å². The Morgan fingerprint density at radius 1 is 1.33 bits per heavy atom. The molecule has 0 spiro atoms. The van der Waals surface area contributed by atoms with E-state index in [-0.39, 0.29) is 0 Å². The minimum atomic E-state index is 0.728. The summed E-state index contributed by atoms with van der Waals surface area (Å²) in [7, 11) is 2.04. The standard InChI is InChI=1S/C18H30N2O/c1-3-13-21-18-9-6-7-16(14-18)15-20-12-5-4-8-17(20)10-11-19-2/h6-7,9,14,17,19H,3-5,8,10-13,15H2,1-2H3. The summed E-state index contributed by atoms with van der Waals surface area (Å²) in [4.78, 5) is 2.65. The lowest BCUT2D eigenvalue weighted by Gasteiger charge is -2.36. The molecule has 1 aromatic carbocycles. The van der Waals surface area contributed by atoms with Gasteiger partial charge >= 0.3 is 0 Å². The molecule has 0 bridgehead atoms. The van der Waals surface area contributed by atoms with Gasteiger partial charge in [-0.1, -0.05) is 25.5 Å². The third kappa shape index (κ3) is 5.33. The topological polar surface area (TPSA) is 24.5 Å². The number of benzene rings is 1. The van der Waals surface area contributed by atoms with Gasteiger partial charge in [-0.2, -0.15) is 0 Å². The zero-order valence-corrected chi connectivity index (χ0v) is 13.6. The Kier molecular flexibility index (Phi) is 7.04. The van der Waals surface area contributed by atoms with Crippen molar-refractivity contribution < 1.29 is 4.74 Å². The maximum atomic E-state index is 5.75. The van der Waals surface area contributed by atoms with Crippen LogP contribution in [0.5, 0.6) is 5.75 Å². The third-order valence-electron chi connectivity index (χ3n) is 4.23. The van der Waals surface area contributed by atoms with E-state index in [1.165, 1.54) is 37.8 Å². The van der Waals surface area contributed by atoms with Gasteiger partial charge in [0.15, 0.2) is 0 Å². The molecule has 118 valence electrons. The fourth-order valence-electron chi connectivity index (χ4n) is 3.09. The van der Waals surface area contributed by atoms with E-state index in [4.69, 9.17) is 4.74 Å². The van der Waals surface area contributed by atoms with Crippen molar-refractivity contribution in [3.8, 4) is 5.75 Å². The van der Waals surface area contributed by atoms with Gasteiger partial charge in [0.25, 0.3) is 0 Å². The van der Waals surface area contributed by atoms with E-state index in [0.29, 0.717) is 0 Å². The van der Waals surface area contributed by atoms with Crippen LogP contribution in [-0.4, -0.2) is 37.7 Å². The van der Waals surface area contributed by atoms with E-state index in [0.717, 1.165) is 37.9 Å². The molecule has 21 heavy (non-hydrogen) atoms. The largest absolute Gasteiger partial charge is 0.494 e. The molecular formula is C18H30N2O. The molecule has 1 aliphatic heterocycles. The van der Waals surface area contributed by atoms with E-state index in [1.54, 1.807) is 0 Å². The molecule has 1 saturated heterocycles. The highest BCUT2D eigenvalue weighted by atomic mass is 16.5. The molecule has 1 fully saturated rings. The smallest absolute Gasteiger partial charge is 0.119 e. The highest BCUT2D eigenvalue weighted by Gasteiger charge is 2.21. The SMILES string of the molecule is CCCOc1cccc(CN2CCCCC2CCNC)c1. The Balaban J connectivity index is 1.94. The van der Waals surface area contributed by atoms with E-state index in [1.807, 2.05) is 7.05 Å². The molecule has 0 amide bonds. The fourth-order valence-corrected chi connectivity index (χ4v) is 3.09. The quantitative estimate of drug-likeness (QED) is 0.794. The number of nitrogens with zero attached hydrogens (tertiary/aromatic N) is 1. The Morgan fingerprint density at radius 3 is 3.05 bits per heavy atom. The second-order valence-corrected chi connectivity index (χ2v) is 6.01. The molecule has 0 saturated carbocycles. The zero-order chi connectivity index (χ0) is 14.9. The Bertz CT molecular complexity index is 408. The van der Waals surface area contributed by atoms with Crippen molar-refractivity contribution in [1.82, 2.24) is 10.2 Å². The van der Waals surface area contributed by atoms with Crippen molar-refractivity contribution in [2.75, 3.05) is 26.7 Å². The Labute approximate surface area is 129 Å². The third-order valence-corrected chi connectivity index (χ3v) is 4.23. The Morgan fingerprint density at radius 2 is 2.24 bits per heavy atom. The predicted octanol–water partition coefficient (Wildman–Crippen LogP) is 3.44. The summed E-state index contributed by atoms with van der Waals surface area (Å²) >= 11 is 0. The van der Waals surface area contributed by atoms with Crippen LogP contribution >= 0.6 is 0 Å². The highest BCUT2D eigenvalue weighted by Crippen LogP contribution is 2.23. The van der Waals surface area contributed by atoms with Crippen LogP contribution in [0.1, 0.15) is 44.6 Å². The van der Waals surface area contributed by atoms with Crippen molar-refractivity contribution in [3.63, 3.8) is 0 Å². The van der Waals surface area contributed by atoms with Gasteiger partial charge in [-0.3, -0.25) is 4.90 Å². The van der Waals surface area contributed by atoms with Crippen LogP contribution in [0.4, 0.5) is 0 Å². The van der Waals surface area contributed by atoms with Crippen LogP contribution in [0.3, 0.4) is 0 Å². The number of piperidine rings is 1. The number of ether oxygens (including phenoxy) is 1. The Hall–Kier alpha value is -1.06. The summed E-state index contributed by atoms with van der Waals surface area (Å²) in [6, 6.07) is 9.34. The normalized spacial score (nSPS) is 19.6. The summed E-state index contributed by atoms with van der Waals surface area (Å²) in [6.45, 7) is 6.34. The first-order valence-corrected chi connectivity index (χ1v) is 8.44. The van der Waals surface area contributed by atoms with E-state index in [9.17, 15) is 0 Å². The zero-order valence-electron chi connectivity index (χ0n) is 13.6. The highest BCUT2D eigenvalue weighted by molar-refractivity contribution is 5.28. The predicted molar refractivity (Wildman–Crippen MR) is 88.8 cm³/mol. The van der Waals surface area contributed by atoms with Crippen LogP contribution in [0, 0.1) is 0 Å². The molecule has 1 aliphatic rings. The number of rotatable bonds is 8. The van der Waals surface area contributed by atoms with E-state index in [2.05, 4.69) is 41.4 Å². The maximum absolute atomic E-state index is 5.75. The number of nitrogens with one attached hydrogen (secondary N) is 1. The lowest BCUT2D eigenvalue weighted by molar-refractivity contribution is 0.132. The van der Waals surface area contributed by atoms with Crippen LogP contribution < -0.4 is 10.1 Å². The molecule has 1 heterocycles. The van der Waals surface area contributed by atoms with E-state index < -0.39 is 0 Å². The minimum Gasteiger partial charge on any atom is -0.494 e. The molecule has 0 aromatic heterocycles. The van der Waals surface area contributed by atoms with Gasteiger partial charge in [0.05, 0.1) is 6.61 Å². The van der Waals surface area contributed by atoms with Gasteiger partial charge in [-0.25, -0.2) is 0 Å². The lowest BCUT2D eigenvalue weighted by atomic mass is 9.98. The first-order chi connectivity index (χ1) is 10.3. The molecule has 0 aliphatic carbocycles. The molecule has 3 heteroatoms. The van der Waals surface area contributed by atoms with E-state index >= 15 is 0 Å². The lowest BCUT2D eigenvalue weighted by Crippen LogP contribution is -2.40. The fraction of sp³-hybridized carbons (Fsp3) is 0.667. The van der Waals surface area contributed by atoms with Crippen LogP contribution in [0.15, 0.2) is 24.3 Å². The summed E-state index contributed by atoms with van der Waals surface area (Å²) in [6.07, 6.45) is 6.37.